The third-order valence-electron chi connectivity index (χ3n) is 3.26. The summed E-state index contributed by atoms with van der Waals surface area (Å²) in [5, 5.41) is 9.06. The van der Waals surface area contributed by atoms with Gasteiger partial charge in [-0.1, -0.05) is 12.1 Å². The zero-order valence-corrected chi connectivity index (χ0v) is 14.0. The number of benzene rings is 1. The van der Waals surface area contributed by atoms with E-state index in [2.05, 4.69) is 19.9 Å². The van der Waals surface area contributed by atoms with Crippen molar-refractivity contribution in [3.8, 4) is 34.6 Å². The van der Waals surface area contributed by atoms with Gasteiger partial charge in [-0.2, -0.15) is 4.98 Å². The molecule has 0 radical (unpaired) electrons. The molecule has 134 valence electrons. The van der Waals surface area contributed by atoms with Gasteiger partial charge < -0.3 is 25.1 Å². The Labute approximate surface area is 149 Å². The van der Waals surface area contributed by atoms with Crippen molar-refractivity contribution in [2.24, 2.45) is 0 Å². The molecule has 3 rings (SSSR count). The molecule has 0 aliphatic carbocycles. The van der Waals surface area contributed by atoms with Crippen LogP contribution in [0, 0.1) is 0 Å². The molecule has 0 aliphatic rings. The normalized spacial score (nSPS) is 10.4. The minimum atomic E-state index is -0.196. The molecule has 2 aromatic heterocycles. The van der Waals surface area contributed by atoms with Crippen LogP contribution in [0.15, 0.2) is 42.9 Å². The second kappa shape index (κ2) is 8.08. The van der Waals surface area contributed by atoms with E-state index in [1.54, 1.807) is 18.2 Å². The van der Waals surface area contributed by atoms with Crippen LogP contribution in [-0.4, -0.2) is 45.4 Å². The first-order chi connectivity index (χ1) is 12.7. The highest BCUT2D eigenvalue weighted by Crippen LogP contribution is 2.39. The minimum absolute atomic E-state index is 0.0125. The monoisotopic (exact) mass is 355 g/mol. The van der Waals surface area contributed by atoms with Gasteiger partial charge in [-0.25, -0.2) is 9.97 Å². The largest absolute Gasteiger partial charge is 0.493 e. The highest BCUT2D eigenvalue weighted by molar-refractivity contribution is 5.61. The molecular formula is C17H17N5O4. The van der Waals surface area contributed by atoms with Crippen LogP contribution in [0.2, 0.25) is 0 Å². The average molecular weight is 355 g/mol. The quantitative estimate of drug-likeness (QED) is 0.651. The molecule has 0 saturated heterocycles. The van der Waals surface area contributed by atoms with Gasteiger partial charge in [-0.3, -0.25) is 4.98 Å². The molecule has 1 aromatic carbocycles. The lowest BCUT2D eigenvalue weighted by Gasteiger charge is -2.15. The van der Waals surface area contributed by atoms with E-state index in [1.165, 1.54) is 25.7 Å². The third kappa shape index (κ3) is 3.78. The number of ether oxygens (including phenoxy) is 3. The molecule has 0 spiro atoms. The Morgan fingerprint density at radius 3 is 2.62 bits per heavy atom. The molecule has 0 fully saturated rings. The number of methoxy groups -OCH3 is 1. The second-order valence-electron chi connectivity index (χ2n) is 4.98. The van der Waals surface area contributed by atoms with E-state index in [0.717, 1.165) is 0 Å². The lowest BCUT2D eigenvalue weighted by Crippen LogP contribution is -2.09. The fourth-order valence-corrected chi connectivity index (χ4v) is 2.12. The minimum Gasteiger partial charge on any atom is -0.493 e. The van der Waals surface area contributed by atoms with Crippen LogP contribution in [0.1, 0.15) is 0 Å². The number of nitrogens with zero attached hydrogens (tertiary/aromatic N) is 4. The van der Waals surface area contributed by atoms with Crippen molar-refractivity contribution in [2.75, 3.05) is 26.1 Å². The van der Waals surface area contributed by atoms with Gasteiger partial charge in [0.25, 0.3) is 5.88 Å². The fourth-order valence-electron chi connectivity index (χ4n) is 2.12. The predicted octanol–water partition coefficient (Wildman–Crippen LogP) is 1.69. The molecule has 0 atom stereocenters. The van der Waals surface area contributed by atoms with Crippen molar-refractivity contribution >= 4 is 5.82 Å². The smallest absolute Gasteiger partial charge is 0.263 e. The fraction of sp³-hybridized carbons (Fsp3) is 0.176. The Morgan fingerprint density at radius 2 is 1.92 bits per heavy atom. The standard InChI is InChI=1S/C17H17N5O4/c1-24-12-4-2-3-5-13(12)26-14-15(18)21-16(11-10-19-6-7-20-11)22-17(14)25-9-8-23/h2-7,10,23H,8-9H2,1H3,(H2,18,21,22). The van der Waals surface area contributed by atoms with Crippen LogP contribution in [0.25, 0.3) is 11.5 Å². The van der Waals surface area contributed by atoms with Crippen LogP contribution in [0.5, 0.6) is 23.1 Å². The molecular weight excluding hydrogens is 338 g/mol. The average Bonchev–Trinajstić information content (AvgIpc) is 2.69. The number of aromatic nitrogens is 4. The van der Waals surface area contributed by atoms with E-state index in [9.17, 15) is 0 Å². The molecule has 9 nitrogen and oxygen atoms in total. The summed E-state index contributed by atoms with van der Waals surface area (Å²) in [6.07, 6.45) is 4.56. The van der Waals surface area contributed by atoms with Crippen LogP contribution in [0.3, 0.4) is 0 Å². The number of anilines is 1. The van der Waals surface area contributed by atoms with E-state index < -0.39 is 0 Å². The van der Waals surface area contributed by atoms with Gasteiger partial charge in [0.2, 0.25) is 5.75 Å². The number of nitrogens with two attached hydrogens (primary N) is 1. The maximum atomic E-state index is 9.06. The van der Waals surface area contributed by atoms with E-state index in [4.69, 9.17) is 25.1 Å². The van der Waals surface area contributed by atoms with Crippen LogP contribution < -0.4 is 19.9 Å². The summed E-state index contributed by atoms with van der Waals surface area (Å²) >= 11 is 0. The van der Waals surface area contributed by atoms with Crippen LogP contribution >= 0.6 is 0 Å². The lowest BCUT2D eigenvalue weighted by molar-refractivity contribution is 0.192. The Bertz CT molecular complexity index is 876. The van der Waals surface area contributed by atoms with Gasteiger partial charge >= 0.3 is 0 Å². The maximum absolute atomic E-state index is 9.06. The highest BCUT2D eigenvalue weighted by atomic mass is 16.5. The summed E-state index contributed by atoms with van der Waals surface area (Å²) in [4.78, 5) is 16.6. The topological polar surface area (TPSA) is 126 Å². The second-order valence-corrected chi connectivity index (χ2v) is 4.98. The lowest BCUT2D eigenvalue weighted by atomic mass is 10.3. The molecule has 0 saturated carbocycles. The SMILES string of the molecule is COc1ccccc1Oc1c(N)nc(-c2cnccn2)nc1OCCO. The third-order valence-corrected chi connectivity index (χ3v) is 3.26. The summed E-state index contributed by atoms with van der Waals surface area (Å²) in [6.45, 7) is -0.183. The highest BCUT2D eigenvalue weighted by Gasteiger charge is 2.19. The Balaban J connectivity index is 2.03. The molecule has 3 aromatic rings. The molecule has 0 bridgehead atoms. The zero-order valence-electron chi connectivity index (χ0n) is 14.0. The molecule has 9 heteroatoms. The summed E-state index contributed by atoms with van der Waals surface area (Å²) in [5.41, 5.74) is 6.49. The summed E-state index contributed by atoms with van der Waals surface area (Å²) in [5.74, 6) is 1.42. The molecule has 26 heavy (non-hydrogen) atoms. The number of rotatable bonds is 7. The van der Waals surface area contributed by atoms with Crippen molar-refractivity contribution in [3.05, 3.63) is 42.9 Å². The van der Waals surface area contributed by atoms with Gasteiger partial charge in [-0.15, -0.1) is 0 Å². The molecule has 2 heterocycles. The number of aliphatic hydroxyl groups excluding tert-OH is 1. The predicted molar refractivity (Wildman–Crippen MR) is 93.1 cm³/mol. The number of para-hydroxylation sites is 2. The van der Waals surface area contributed by atoms with Gasteiger partial charge in [0.1, 0.15) is 12.3 Å². The summed E-state index contributed by atoms with van der Waals surface area (Å²) < 4.78 is 16.6. The number of aliphatic hydroxyl groups is 1. The number of nitrogen functional groups attached to an aromatic ring is 1. The number of hydrogen-bond acceptors (Lipinski definition) is 9. The molecule has 0 unspecified atom stereocenters. The van der Waals surface area contributed by atoms with E-state index in [-0.39, 0.29) is 36.5 Å². The van der Waals surface area contributed by atoms with Crippen molar-refractivity contribution in [1.82, 2.24) is 19.9 Å². The van der Waals surface area contributed by atoms with Gasteiger partial charge in [0.05, 0.1) is 19.9 Å². The van der Waals surface area contributed by atoms with E-state index >= 15 is 0 Å². The zero-order chi connectivity index (χ0) is 18.4. The number of hydrogen-bond donors (Lipinski definition) is 2. The Morgan fingerprint density at radius 1 is 1.12 bits per heavy atom. The van der Waals surface area contributed by atoms with Gasteiger partial charge in [-0.05, 0) is 12.1 Å². The molecule has 0 aliphatic heterocycles. The van der Waals surface area contributed by atoms with E-state index in [1.807, 2.05) is 6.07 Å². The first kappa shape index (κ1) is 17.4. The molecule has 3 N–H and O–H groups in total. The maximum Gasteiger partial charge on any atom is 0.263 e. The van der Waals surface area contributed by atoms with Crippen molar-refractivity contribution in [1.29, 1.82) is 0 Å². The van der Waals surface area contributed by atoms with Crippen molar-refractivity contribution in [3.63, 3.8) is 0 Å². The summed E-state index contributed by atoms with van der Waals surface area (Å²) in [7, 11) is 1.53. The first-order valence-electron chi connectivity index (χ1n) is 7.71. The Kier molecular flexibility index (Phi) is 5.40. The summed E-state index contributed by atoms with van der Waals surface area (Å²) in [6, 6.07) is 7.06. The van der Waals surface area contributed by atoms with Crippen molar-refractivity contribution < 1.29 is 19.3 Å². The Hall–Kier alpha value is -3.46. The van der Waals surface area contributed by atoms with E-state index in [0.29, 0.717) is 17.2 Å². The van der Waals surface area contributed by atoms with Crippen LogP contribution in [-0.2, 0) is 0 Å². The molecule has 0 amide bonds. The van der Waals surface area contributed by atoms with Crippen LogP contribution in [0.4, 0.5) is 5.82 Å². The first-order valence-corrected chi connectivity index (χ1v) is 7.71. The van der Waals surface area contributed by atoms with Gasteiger partial charge in [0, 0.05) is 12.4 Å². The van der Waals surface area contributed by atoms with Crippen molar-refractivity contribution in [2.45, 2.75) is 0 Å². The van der Waals surface area contributed by atoms with Gasteiger partial charge in [0.15, 0.2) is 23.1 Å².